The quantitative estimate of drug-likeness (QED) is 0.459. The van der Waals surface area contributed by atoms with Crippen LogP contribution in [0.1, 0.15) is 79.1 Å². The number of carbonyl (C=O) groups is 1. The van der Waals surface area contributed by atoms with Gasteiger partial charge in [0.05, 0.1) is 18.2 Å². The van der Waals surface area contributed by atoms with E-state index in [0.29, 0.717) is 35.7 Å². The highest BCUT2D eigenvalue weighted by Gasteiger charge is 2.79. The predicted octanol–water partition coefficient (Wildman–Crippen LogP) is 4.58. The fourth-order valence-electron chi connectivity index (χ4n) is 9.65. The van der Waals surface area contributed by atoms with E-state index in [1.807, 2.05) is 6.08 Å². The number of nitrogens with zero attached hydrogens (tertiary/aromatic N) is 2. The lowest BCUT2D eigenvalue weighted by molar-refractivity contribution is -0.116. The molecule has 8 unspecified atom stereocenters. The van der Waals surface area contributed by atoms with Crippen LogP contribution in [0.4, 0.5) is 0 Å². The summed E-state index contributed by atoms with van der Waals surface area (Å²) in [6, 6.07) is 0.515. The van der Waals surface area contributed by atoms with Gasteiger partial charge in [-0.25, -0.2) is 0 Å². The number of allylic oxidation sites excluding steroid dienone is 2. The van der Waals surface area contributed by atoms with E-state index in [9.17, 15) is 4.79 Å². The standard InChI is InChI=1S/C31H49N3O2/c1-20-15-26-28(34(18-20)14-13-33(5)6)21(2)7-11-30-25(22(3)19-36-26)17-27-29(4)10-9-24(35)16-23(29)8-12-31(27,30)32-30/h16,20-21,26-28,32H,7-15,17-19H2,1-6H3. The number of carbonyl (C=O) groups excluding carboxylic acids is 1. The van der Waals surface area contributed by atoms with Crippen molar-refractivity contribution in [2.24, 2.45) is 23.2 Å². The van der Waals surface area contributed by atoms with Gasteiger partial charge in [-0.15, -0.1) is 0 Å². The number of rotatable bonds is 3. The van der Waals surface area contributed by atoms with Gasteiger partial charge in [-0.1, -0.05) is 26.3 Å². The number of nitrogens with one attached hydrogen (secondary N) is 1. The Morgan fingerprint density at radius 3 is 2.78 bits per heavy atom. The lowest BCUT2D eigenvalue weighted by atomic mass is 9.55. The summed E-state index contributed by atoms with van der Waals surface area (Å²) >= 11 is 0. The third-order valence-electron chi connectivity index (χ3n) is 11.6. The molecule has 200 valence electrons. The SMILES string of the molecule is CC1=C2CC3C4(C)CCC(=O)C=C4CCC34NC24CCC(C)C2C(CC(C)CN2CCN(C)C)OC1. The molecule has 2 saturated carbocycles. The Labute approximate surface area is 219 Å². The van der Waals surface area contributed by atoms with Crippen molar-refractivity contribution in [1.82, 2.24) is 15.1 Å². The summed E-state index contributed by atoms with van der Waals surface area (Å²) in [4.78, 5) is 17.4. The second kappa shape index (κ2) is 8.76. The molecule has 3 aliphatic carbocycles. The first-order chi connectivity index (χ1) is 17.1. The molecule has 5 heteroatoms. The van der Waals surface area contributed by atoms with E-state index in [1.165, 1.54) is 49.8 Å². The van der Waals surface area contributed by atoms with Gasteiger partial charge in [0.2, 0.25) is 0 Å². The van der Waals surface area contributed by atoms with Crippen molar-refractivity contribution in [3.05, 3.63) is 22.8 Å². The molecule has 0 bridgehead atoms. The van der Waals surface area contributed by atoms with E-state index in [4.69, 9.17) is 4.74 Å². The van der Waals surface area contributed by atoms with Gasteiger partial charge in [0.15, 0.2) is 5.78 Å². The monoisotopic (exact) mass is 495 g/mol. The van der Waals surface area contributed by atoms with Crippen LogP contribution in [0.15, 0.2) is 22.8 Å². The van der Waals surface area contributed by atoms with Crippen molar-refractivity contribution >= 4 is 5.78 Å². The van der Waals surface area contributed by atoms with Gasteiger partial charge >= 0.3 is 0 Å². The Hall–Kier alpha value is -1.01. The molecule has 0 radical (unpaired) electrons. The maximum absolute atomic E-state index is 12.3. The summed E-state index contributed by atoms with van der Waals surface area (Å²) in [6.45, 7) is 14.0. The third kappa shape index (κ3) is 3.66. The molecule has 4 fully saturated rings. The summed E-state index contributed by atoms with van der Waals surface area (Å²) < 4.78 is 6.88. The van der Waals surface area contributed by atoms with Crippen LogP contribution < -0.4 is 5.32 Å². The molecule has 2 saturated heterocycles. The van der Waals surface area contributed by atoms with Crippen molar-refractivity contribution in [3.8, 4) is 0 Å². The van der Waals surface area contributed by atoms with Crippen LogP contribution in [0.2, 0.25) is 0 Å². The molecule has 2 spiro atoms. The largest absolute Gasteiger partial charge is 0.372 e. The number of likely N-dealkylation sites (tertiary alicyclic amines) is 1. The maximum Gasteiger partial charge on any atom is 0.155 e. The normalized spacial score (nSPS) is 46.9. The predicted molar refractivity (Wildman–Crippen MR) is 145 cm³/mol. The Bertz CT molecular complexity index is 986. The summed E-state index contributed by atoms with van der Waals surface area (Å²) in [5, 5.41) is 4.22. The number of hydrogen-bond acceptors (Lipinski definition) is 5. The number of ketones is 1. The summed E-state index contributed by atoms with van der Waals surface area (Å²) in [5.74, 6) is 2.27. The number of fused-ring (bicyclic) bond motifs is 3. The zero-order chi connectivity index (χ0) is 25.5. The molecule has 6 aliphatic rings. The molecule has 3 aliphatic heterocycles. The molecule has 0 aromatic heterocycles. The van der Waals surface area contributed by atoms with E-state index in [0.717, 1.165) is 39.0 Å². The molecule has 5 nitrogen and oxygen atoms in total. The molecule has 0 amide bonds. The molecular formula is C31H49N3O2. The topological polar surface area (TPSA) is 54.7 Å². The van der Waals surface area contributed by atoms with Crippen molar-refractivity contribution in [3.63, 3.8) is 0 Å². The van der Waals surface area contributed by atoms with Crippen LogP contribution in [0.5, 0.6) is 0 Å². The van der Waals surface area contributed by atoms with E-state index in [1.54, 1.807) is 5.57 Å². The van der Waals surface area contributed by atoms with Gasteiger partial charge in [-0.05, 0) is 106 Å². The smallest absolute Gasteiger partial charge is 0.155 e. The minimum Gasteiger partial charge on any atom is -0.372 e. The Morgan fingerprint density at radius 1 is 1.19 bits per heavy atom. The molecule has 1 N–H and O–H groups in total. The van der Waals surface area contributed by atoms with Crippen LogP contribution in [0.25, 0.3) is 0 Å². The summed E-state index contributed by atoms with van der Waals surface area (Å²) in [5.41, 5.74) is 5.18. The van der Waals surface area contributed by atoms with Gasteiger partial charge in [0.25, 0.3) is 0 Å². The minimum atomic E-state index is 0.165. The first-order valence-electron chi connectivity index (χ1n) is 14.8. The fraction of sp³-hybridized carbons (Fsp3) is 0.839. The fourth-order valence-corrected chi connectivity index (χ4v) is 9.65. The molecule has 0 aromatic carbocycles. The maximum atomic E-state index is 12.3. The van der Waals surface area contributed by atoms with Gasteiger partial charge in [0, 0.05) is 37.6 Å². The second-order valence-electron chi connectivity index (χ2n) is 14.1. The molecule has 3 heterocycles. The lowest BCUT2D eigenvalue weighted by Crippen LogP contribution is -2.56. The number of hydrogen-bond donors (Lipinski definition) is 1. The average molecular weight is 496 g/mol. The summed E-state index contributed by atoms with van der Waals surface area (Å²) in [7, 11) is 4.38. The minimum absolute atomic E-state index is 0.165. The zero-order valence-corrected chi connectivity index (χ0v) is 23.7. The van der Waals surface area contributed by atoms with Gasteiger partial charge in [-0.3, -0.25) is 15.0 Å². The van der Waals surface area contributed by atoms with E-state index in [2.05, 4.69) is 56.9 Å². The number of likely N-dealkylation sites (N-methyl/N-ethyl adjacent to an activating group) is 1. The van der Waals surface area contributed by atoms with Crippen molar-refractivity contribution in [2.45, 2.75) is 102 Å². The van der Waals surface area contributed by atoms with Crippen LogP contribution >= 0.6 is 0 Å². The molecule has 6 rings (SSSR count). The highest BCUT2D eigenvalue weighted by molar-refractivity contribution is 5.91. The molecular weight excluding hydrogens is 446 g/mol. The Morgan fingerprint density at radius 2 is 2.00 bits per heavy atom. The lowest BCUT2D eigenvalue weighted by Gasteiger charge is -2.48. The summed E-state index contributed by atoms with van der Waals surface area (Å²) in [6.07, 6.45) is 11.3. The number of ether oxygens (including phenoxy) is 1. The van der Waals surface area contributed by atoms with Crippen molar-refractivity contribution in [2.75, 3.05) is 40.3 Å². The van der Waals surface area contributed by atoms with Crippen molar-refractivity contribution < 1.29 is 9.53 Å². The van der Waals surface area contributed by atoms with Crippen LogP contribution in [-0.2, 0) is 9.53 Å². The van der Waals surface area contributed by atoms with Crippen LogP contribution in [0.3, 0.4) is 0 Å². The number of piperidine rings is 2. The van der Waals surface area contributed by atoms with Crippen LogP contribution in [-0.4, -0.2) is 79.1 Å². The average Bonchev–Trinajstić information content (AvgIpc) is 3.37. The van der Waals surface area contributed by atoms with E-state index < -0.39 is 0 Å². The van der Waals surface area contributed by atoms with E-state index >= 15 is 0 Å². The highest BCUT2D eigenvalue weighted by atomic mass is 16.5. The van der Waals surface area contributed by atoms with Gasteiger partial charge in [0.1, 0.15) is 0 Å². The second-order valence-corrected chi connectivity index (χ2v) is 14.1. The third-order valence-corrected chi connectivity index (χ3v) is 11.6. The molecule has 8 atom stereocenters. The van der Waals surface area contributed by atoms with Crippen molar-refractivity contribution in [1.29, 1.82) is 0 Å². The van der Waals surface area contributed by atoms with Crippen LogP contribution in [0, 0.1) is 23.2 Å². The first-order valence-corrected chi connectivity index (χ1v) is 14.8. The molecule has 0 aromatic rings. The highest BCUT2D eigenvalue weighted by Crippen LogP contribution is 2.72. The first kappa shape index (κ1) is 25.3. The zero-order valence-electron chi connectivity index (χ0n) is 23.7. The Kier molecular flexibility index (Phi) is 6.15. The van der Waals surface area contributed by atoms with Gasteiger partial charge in [-0.2, -0.15) is 0 Å². The molecule has 36 heavy (non-hydrogen) atoms. The van der Waals surface area contributed by atoms with E-state index in [-0.39, 0.29) is 16.5 Å². The Balaban J connectivity index is 1.31. The van der Waals surface area contributed by atoms with Gasteiger partial charge < -0.3 is 9.64 Å².